The highest BCUT2D eigenvalue weighted by atomic mass is 16.1. The lowest BCUT2D eigenvalue weighted by atomic mass is 9.98. The Morgan fingerprint density at radius 1 is 1.06 bits per heavy atom. The third-order valence-corrected chi connectivity index (χ3v) is 2.54. The van der Waals surface area contributed by atoms with Gasteiger partial charge in [-0.2, -0.15) is 0 Å². The Morgan fingerprint density at radius 2 is 1.59 bits per heavy atom. The maximum atomic E-state index is 11.9. The highest BCUT2D eigenvalue weighted by Gasteiger charge is 2.13. The highest BCUT2D eigenvalue weighted by molar-refractivity contribution is 6.08. The van der Waals surface area contributed by atoms with E-state index in [1.165, 1.54) is 0 Å². The minimum Gasteiger partial charge on any atom is -0.299 e. The van der Waals surface area contributed by atoms with Gasteiger partial charge >= 0.3 is 0 Å². The number of hydrogen-bond donors (Lipinski definition) is 0. The van der Waals surface area contributed by atoms with Gasteiger partial charge in [-0.25, -0.2) is 0 Å². The first-order valence-corrected chi connectivity index (χ1v) is 6.01. The van der Waals surface area contributed by atoms with Crippen LogP contribution in [0.3, 0.4) is 0 Å². The van der Waals surface area contributed by atoms with Gasteiger partial charge in [0.15, 0.2) is 5.78 Å². The summed E-state index contributed by atoms with van der Waals surface area (Å²) in [6, 6.07) is 5.71. The summed E-state index contributed by atoms with van der Waals surface area (Å²) in [5.41, 5.74) is 2.77. The van der Waals surface area contributed by atoms with E-state index in [0.717, 1.165) is 11.1 Å². The molecule has 0 bridgehead atoms. The smallest absolute Gasteiger partial charge is 0.170 e. The summed E-state index contributed by atoms with van der Waals surface area (Å²) < 4.78 is 0. The van der Waals surface area contributed by atoms with Gasteiger partial charge in [-0.15, -0.1) is 0 Å². The second-order valence-electron chi connectivity index (χ2n) is 5.11. The number of benzene rings is 1. The average molecular weight is 232 g/mol. The molecule has 92 valence electrons. The van der Waals surface area contributed by atoms with Crippen LogP contribution in [0.5, 0.6) is 0 Å². The lowest BCUT2D eigenvalue weighted by Crippen LogP contribution is -2.10. The zero-order valence-electron chi connectivity index (χ0n) is 11.0. The van der Waals surface area contributed by atoms with Gasteiger partial charge in [0.1, 0.15) is 5.78 Å². The molecule has 1 rings (SSSR count). The van der Waals surface area contributed by atoms with Crippen molar-refractivity contribution < 1.29 is 9.59 Å². The van der Waals surface area contributed by atoms with Crippen LogP contribution in [0.25, 0.3) is 0 Å². The van der Waals surface area contributed by atoms with E-state index in [0.29, 0.717) is 17.9 Å². The van der Waals surface area contributed by atoms with Crippen molar-refractivity contribution in [2.24, 2.45) is 5.92 Å². The SMILES string of the molecule is Cc1cc(C)cc(C(=O)CC(=O)CC(C)C)c1. The number of rotatable bonds is 5. The molecule has 0 aliphatic carbocycles. The molecule has 1 aromatic carbocycles. The van der Waals surface area contributed by atoms with E-state index in [1.54, 1.807) is 0 Å². The van der Waals surface area contributed by atoms with Crippen molar-refractivity contribution in [2.75, 3.05) is 0 Å². The van der Waals surface area contributed by atoms with E-state index in [-0.39, 0.29) is 18.0 Å². The minimum atomic E-state index is -0.0672. The third kappa shape index (κ3) is 4.51. The molecule has 0 aliphatic rings. The first-order chi connectivity index (χ1) is 7.88. The fourth-order valence-corrected chi connectivity index (χ4v) is 1.94. The fraction of sp³-hybridized carbons (Fsp3) is 0.467. The van der Waals surface area contributed by atoms with Gasteiger partial charge in [-0.05, 0) is 31.9 Å². The molecule has 1 aromatic rings. The summed E-state index contributed by atoms with van der Waals surface area (Å²) in [5, 5.41) is 0. The Bertz CT molecular complexity index is 410. The standard InChI is InChI=1S/C15H20O2/c1-10(2)5-14(16)9-15(17)13-7-11(3)6-12(4)8-13/h6-8,10H,5,9H2,1-4H3. The lowest BCUT2D eigenvalue weighted by Gasteiger charge is -2.05. The van der Waals surface area contributed by atoms with Crippen LogP contribution < -0.4 is 0 Å². The molecule has 0 fully saturated rings. The van der Waals surface area contributed by atoms with Crippen molar-refractivity contribution in [3.8, 4) is 0 Å². The molecule has 0 atom stereocenters. The molecular formula is C15H20O2. The van der Waals surface area contributed by atoms with E-state index < -0.39 is 0 Å². The van der Waals surface area contributed by atoms with Gasteiger partial charge in [0.2, 0.25) is 0 Å². The molecule has 2 nitrogen and oxygen atoms in total. The van der Waals surface area contributed by atoms with Crippen molar-refractivity contribution in [1.29, 1.82) is 0 Å². The summed E-state index contributed by atoms with van der Waals surface area (Å²) in [6.07, 6.45) is 0.512. The second kappa shape index (κ2) is 5.76. The van der Waals surface area contributed by atoms with E-state index >= 15 is 0 Å². The summed E-state index contributed by atoms with van der Waals surface area (Å²) in [4.78, 5) is 23.5. The van der Waals surface area contributed by atoms with Gasteiger partial charge in [0.25, 0.3) is 0 Å². The maximum Gasteiger partial charge on any atom is 0.170 e. The summed E-state index contributed by atoms with van der Waals surface area (Å²) in [7, 11) is 0. The second-order valence-corrected chi connectivity index (χ2v) is 5.11. The molecule has 0 unspecified atom stereocenters. The van der Waals surface area contributed by atoms with Crippen molar-refractivity contribution in [3.05, 3.63) is 34.9 Å². The number of Topliss-reactive ketones (excluding diaryl/α,β-unsaturated/α-hetero) is 2. The quantitative estimate of drug-likeness (QED) is 0.575. The predicted molar refractivity (Wildman–Crippen MR) is 69.3 cm³/mol. The first-order valence-electron chi connectivity index (χ1n) is 6.01. The van der Waals surface area contributed by atoms with Gasteiger partial charge in [-0.1, -0.05) is 31.0 Å². The molecule has 0 heterocycles. The summed E-state index contributed by atoms with van der Waals surface area (Å²) >= 11 is 0. The van der Waals surface area contributed by atoms with E-state index in [9.17, 15) is 9.59 Å². The third-order valence-electron chi connectivity index (χ3n) is 2.54. The summed E-state index contributed by atoms with van der Waals surface area (Å²) in [5.74, 6) is 0.279. The van der Waals surface area contributed by atoms with Gasteiger partial charge in [0.05, 0.1) is 6.42 Å². The largest absolute Gasteiger partial charge is 0.299 e. The zero-order chi connectivity index (χ0) is 13.0. The number of aryl methyl sites for hydroxylation is 2. The van der Waals surface area contributed by atoms with Crippen LogP contribution >= 0.6 is 0 Å². The van der Waals surface area contributed by atoms with Crippen LogP contribution in [-0.2, 0) is 4.79 Å². The van der Waals surface area contributed by atoms with Gasteiger partial charge in [0, 0.05) is 12.0 Å². The molecule has 0 saturated carbocycles. The topological polar surface area (TPSA) is 34.1 Å². The first kappa shape index (κ1) is 13.6. The van der Waals surface area contributed by atoms with E-state index in [1.807, 2.05) is 45.9 Å². The minimum absolute atomic E-state index is 0.0288. The van der Waals surface area contributed by atoms with Crippen molar-refractivity contribution >= 4 is 11.6 Å². The molecule has 0 saturated heterocycles. The normalized spacial score (nSPS) is 10.6. The number of hydrogen-bond acceptors (Lipinski definition) is 2. The number of carbonyl (C=O) groups is 2. The Hall–Kier alpha value is -1.44. The molecular weight excluding hydrogens is 212 g/mol. The van der Waals surface area contributed by atoms with E-state index in [4.69, 9.17) is 0 Å². The highest BCUT2D eigenvalue weighted by Crippen LogP contribution is 2.12. The van der Waals surface area contributed by atoms with Crippen LogP contribution in [0.2, 0.25) is 0 Å². The summed E-state index contributed by atoms with van der Waals surface area (Å²) in [6.45, 7) is 7.89. The molecule has 0 amide bonds. The Labute approximate surface area is 103 Å². The number of ketones is 2. The van der Waals surface area contributed by atoms with Crippen molar-refractivity contribution in [3.63, 3.8) is 0 Å². The lowest BCUT2D eigenvalue weighted by molar-refractivity contribution is -0.118. The molecule has 0 aliphatic heterocycles. The molecule has 0 N–H and O–H groups in total. The Morgan fingerprint density at radius 3 is 2.06 bits per heavy atom. The van der Waals surface area contributed by atoms with Crippen LogP contribution in [0.4, 0.5) is 0 Å². The Balaban J connectivity index is 2.73. The van der Waals surface area contributed by atoms with Gasteiger partial charge in [-0.3, -0.25) is 9.59 Å². The monoisotopic (exact) mass is 232 g/mol. The molecule has 17 heavy (non-hydrogen) atoms. The van der Waals surface area contributed by atoms with Crippen molar-refractivity contribution in [1.82, 2.24) is 0 Å². The van der Waals surface area contributed by atoms with Crippen LogP contribution in [0.15, 0.2) is 18.2 Å². The van der Waals surface area contributed by atoms with Crippen LogP contribution in [0, 0.1) is 19.8 Å². The number of carbonyl (C=O) groups excluding carboxylic acids is 2. The predicted octanol–water partition coefficient (Wildman–Crippen LogP) is 3.49. The molecule has 2 heteroatoms. The maximum absolute atomic E-state index is 11.9. The van der Waals surface area contributed by atoms with Crippen LogP contribution in [0.1, 0.15) is 48.2 Å². The molecule has 0 spiro atoms. The van der Waals surface area contributed by atoms with Gasteiger partial charge < -0.3 is 0 Å². The molecule has 0 aromatic heterocycles. The zero-order valence-corrected chi connectivity index (χ0v) is 11.0. The average Bonchev–Trinajstić information content (AvgIpc) is 2.14. The van der Waals surface area contributed by atoms with Crippen LogP contribution in [-0.4, -0.2) is 11.6 Å². The fourth-order valence-electron chi connectivity index (χ4n) is 1.94. The Kier molecular flexibility index (Phi) is 4.62. The molecule has 0 radical (unpaired) electrons. The van der Waals surface area contributed by atoms with Crippen molar-refractivity contribution in [2.45, 2.75) is 40.5 Å². The van der Waals surface area contributed by atoms with E-state index in [2.05, 4.69) is 0 Å².